The number of hydrogen-bond donors (Lipinski definition) is 0. The first-order chi connectivity index (χ1) is 9.52. The fourth-order valence-electron chi connectivity index (χ4n) is 2.81. The van der Waals surface area contributed by atoms with Gasteiger partial charge in [0.25, 0.3) is 0 Å². The average Bonchev–Trinajstić information content (AvgIpc) is 2.59. The van der Waals surface area contributed by atoms with Crippen LogP contribution in [-0.4, -0.2) is 13.9 Å². The van der Waals surface area contributed by atoms with E-state index in [-0.39, 0.29) is 17.1 Å². The summed E-state index contributed by atoms with van der Waals surface area (Å²) in [6.07, 6.45) is 2.26. The number of carbonyl (C=O) groups excluding carboxylic acids is 1. The van der Waals surface area contributed by atoms with E-state index >= 15 is 0 Å². The number of ketones is 1. The highest BCUT2D eigenvalue weighted by Crippen LogP contribution is 2.44. The van der Waals surface area contributed by atoms with Gasteiger partial charge in [-0.15, -0.1) is 6.58 Å². The largest absolute Gasteiger partial charge is 0.293 e. The first-order valence-corrected chi connectivity index (χ1v) is 11.1. The van der Waals surface area contributed by atoms with Gasteiger partial charge in [-0.1, -0.05) is 76.0 Å². The zero-order valence-electron chi connectivity index (χ0n) is 14.1. The van der Waals surface area contributed by atoms with Crippen LogP contribution < -0.4 is 0 Å². The van der Waals surface area contributed by atoms with Crippen molar-refractivity contribution in [3.8, 4) is 0 Å². The molecular weight excluding hydrogens is 272 g/mol. The molecule has 0 N–H and O–H groups in total. The second kappa shape index (κ2) is 5.10. The second-order valence-electron chi connectivity index (χ2n) is 8.08. The van der Waals surface area contributed by atoms with Crippen molar-refractivity contribution in [2.75, 3.05) is 0 Å². The average molecular weight is 299 g/mol. The highest BCUT2D eigenvalue weighted by molar-refractivity contribution is 6.83. The molecule has 0 fully saturated rings. The molecule has 2 heteroatoms. The van der Waals surface area contributed by atoms with Crippen molar-refractivity contribution in [1.29, 1.82) is 0 Å². The molecule has 112 valence electrons. The SMILES string of the molecule is C=C(C1C(=O)c2ccccc2/C1=C\C(C)(C)C)[Si](C)(C)C. The summed E-state index contributed by atoms with van der Waals surface area (Å²) in [4.78, 5) is 12.9. The maximum absolute atomic E-state index is 12.9. The van der Waals surface area contributed by atoms with Crippen LogP contribution in [0.3, 0.4) is 0 Å². The Bertz CT molecular complexity index is 624. The molecule has 0 amide bonds. The van der Waals surface area contributed by atoms with Crippen LogP contribution in [0.25, 0.3) is 5.57 Å². The van der Waals surface area contributed by atoms with E-state index in [0.717, 1.165) is 21.9 Å². The lowest BCUT2D eigenvalue weighted by Crippen LogP contribution is -2.31. The molecule has 1 aliphatic carbocycles. The quantitative estimate of drug-likeness (QED) is 0.671. The van der Waals surface area contributed by atoms with Crippen LogP contribution in [0.15, 0.2) is 42.1 Å². The first kappa shape index (κ1) is 16.0. The minimum atomic E-state index is -1.58. The first-order valence-electron chi connectivity index (χ1n) is 7.58. The summed E-state index contributed by atoms with van der Waals surface area (Å²) in [6, 6.07) is 7.99. The highest BCUT2D eigenvalue weighted by atomic mass is 28.3. The van der Waals surface area contributed by atoms with Crippen LogP contribution in [0.5, 0.6) is 0 Å². The van der Waals surface area contributed by atoms with Crippen molar-refractivity contribution in [3.05, 3.63) is 53.2 Å². The lowest BCUT2D eigenvalue weighted by atomic mass is 9.88. The van der Waals surface area contributed by atoms with Crippen LogP contribution in [0.2, 0.25) is 19.6 Å². The second-order valence-corrected chi connectivity index (χ2v) is 13.2. The van der Waals surface area contributed by atoms with E-state index in [1.165, 1.54) is 0 Å². The Labute approximate surface area is 129 Å². The van der Waals surface area contributed by atoms with Gasteiger partial charge in [-0.05, 0) is 16.6 Å². The molecule has 0 saturated heterocycles. The Kier molecular flexibility index (Phi) is 3.87. The molecule has 0 aromatic heterocycles. The van der Waals surface area contributed by atoms with E-state index in [9.17, 15) is 4.79 Å². The summed E-state index contributed by atoms with van der Waals surface area (Å²) in [5.74, 6) is 0.0850. The topological polar surface area (TPSA) is 17.1 Å². The van der Waals surface area contributed by atoms with Gasteiger partial charge in [0.05, 0.1) is 14.0 Å². The summed E-state index contributed by atoms with van der Waals surface area (Å²) in [5.41, 5.74) is 3.17. The number of Topliss-reactive ketones (excluding diaryl/α,β-unsaturated/α-hetero) is 1. The molecule has 0 radical (unpaired) electrons. The van der Waals surface area contributed by atoms with Crippen molar-refractivity contribution in [3.63, 3.8) is 0 Å². The van der Waals surface area contributed by atoms with Crippen LogP contribution in [0.1, 0.15) is 36.7 Å². The lowest BCUT2D eigenvalue weighted by Gasteiger charge is -2.27. The van der Waals surface area contributed by atoms with Gasteiger partial charge in [0.15, 0.2) is 5.78 Å². The van der Waals surface area contributed by atoms with Gasteiger partial charge in [0.2, 0.25) is 0 Å². The van der Waals surface area contributed by atoms with Crippen molar-refractivity contribution in [2.24, 2.45) is 11.3 Å². The van der Waals surface area contributed by atoms with Crippen LogP contribution in [0, 0.1) is 11.3 Å². The number of rotatable bonds is 2. The third kappa shape index (κ3) is 3.10. The van der Waals surface area contributed by atoms with E-state index in [1.807, 2.05) is 18.2 Å². The van der Waals surface area contributed by atoms with E-state index in [0.29, 0.717) is 0 Å². The Morgan fingerprint density at radius 3 is 2.14 bits per heavy atom. The molecule has 1 nitrogen and oxygen atoms in total. The number of allylic oxidation sites excluding steroid dienone is 3. The Hall–Kier alpha value is -1.41. The number of hydrogen-bond acceptors (Lipinski definition) is 1. The molecule has 1 atom stereocenters. The fraction of sp³-hybridized carbons (Fsp3) is 0.421. The zero-order valence-corrected chi connectivity index (χ0v) is 15.1. The maximum Gasteiger partial charge on any atom is 0.174 e. The molecule has 1 unspecified atom stereocenters. The van der Waals surface area contributed by atoms with Gasteiger partial charge in [0.1, 0.15) is 0 Å². The Morgan fingerprint density at radius 2 is 1.67 bits per heavy atom. The number of carbonyl (C=O) groups is 1. The summed E-state index contributed by atoms with van der Waals surface area (Å²) < 4.78 is 0. The molecule has 1 aliphatic rings. The van der Waals surface area contributed by atoms with Crippen molar-refractivity contribution in [1.82, 2.24) is 0 Å². The van der Waals surface area contributed by atoms with Gasteiger partial charge in [-0.3, -0.25) is 4.79 Å². The van der Waals surface area contributed by atoms with Crippen molar-refractivity contribution < 1.29 is 4.79 Å². The van der Waals surface area contributed by atoms with Gasteiger partial charge >= 0.3 is 0 Å². The predicted molar refractivity (Wildman–Crippen MR) is 94.2 cm³/mol. The van der Waals surface area contributed by atoms with Gasteiger partial charge < -0.3 is 0 Å². The van der Waals surface area contributed by atoms with E-state index in [2.05, 4.69) is 59.1 Å². The van der Waals surface area contributed by atoms with E-state index < -0.39 is 8.07 Å². The number of benzene rings is 1. The predicted octanol–water partition coefficient (Wildman–Crippen LogP) is 5.36. The maximum atomic E-state index is 12.9. The molecule has 1 aromatic rings. The third-order valence-electron chi connectivity index (χ3n) is 3.98. The molecule has 0 aliphatic heterocycles. The smallest absolute Gasteiger partial charge is 0.174 e. The molecule has 0 bridgehead atoms. The van der Waals surface area contributed by atoms with E-state index in [4.69, 9.17) is 0 Å². The van der Waals surface area contributed by atoms with Crippen LogP contribution in [0.4, 0.5) is 0 Å². The lowest BCUT2D eigenvalue weighted by molar-refractivity contribution is 0.0974. The normalized spacial score (nSPS) is 20.8. The summed E-state index contributed by atoms with van der Waals surface area (Å²) in [5, 5.41) is 1.14. The minimum absolute atomic E-state index is 0.0467. The summed E-state index contributed by atoms with van der Waals surface area (Å²) in [7, 11) is -1.58. The summed E-state index contributed by atoms with van der Waals surface area (Å²) >= 11 is 0. The minimum Gasteiger partial charge on any atom is -0.293 e. The Morgan fingerprint density at radius 1 is 1.14 bits per heavy atom. The van der Waals surface area contributed by atoms with Crippen molar-refractivity contribution in [2.45, 2.75) is 40.4 Å². The highest BCUT2D eigenvalue weighted by Gasteiger charge is 2.40. The standard InChI is InChI=1S/C19H26OSi/c1-13(21(5,6)7)17-16(12-19(2,3)4)14-10-8-9-11-15(14)18(17)20/h8-12,17H,1H2,2-7H3/b16-12+. The Balaban J connectivity index is 2.63. The van der Waals surface area contributed by atoms with Crippen LogP contribution >= 0.6 is 0 Å². The van der Waals surface area contributed by atoms with Gasteiger partial charge in [0, 0.05) is 5.56 Å². The third-order valence-corrected chi connectivity index (χ3v) is 6.19. The zero-order chi connectivity index (χ0) is 16.0. The van der Waals surface area contributed by atoms with Crippen LogP contribution in [-0.2, 0) is 0 Å². The molecule has 0 saturated carbocycles. The van der Waals surface area contributed by atoms with Gasteiger partial charge in [-0.25, -0.2) is 0 Å². The monoisotopic (exact) mass is 298 g/mol. The number of fused-ring (bicyclic) bond motifs is 1. The summed E-state index contributed by atoms with van der Waals surface area (Å²) in [6.45, 7) is 17.7. The van der Waals surface area contributed by atoms with Gasteiger partial charge in [-0.2, -0.15) is 0 Å². The molecule has 1 aromatic carbocycles. The molecule has 0 heterocycles. The molecule has 2 rings (SSSR count). The fourth-order valence-corrected chi connectivity index (χ4v) is 3.96. The van der Waals surface area contributed by atoms with E-state index in [1.54, 1.807) is 0 Å². The van der Waals surface area contributed by atoms with Crippen molar-refractivity contribution >= 4 is 19.4 Å². The molecule has 0 spiro atoms. The molecular formula is C19H26OSi. The molecule has 21 heavy (non-hydrogen) atoms.